The van der Waals surface area contributed by atoms with Crippen LogP contribution in [0, 0.1) is 20.8 Å². The fourth-order valence-electron chi connectivity index (χ4n) is 2.53. The van der Waals surface area contributed by atoms with Crippen LogP contribution >= 0.6 is 11.6 Å². The quantitative estimate of drug-likeness (QED) is 0.267. The normalized spacial score (nSPS) is 11.6. The number of aryl methyl sites for hydroxylation is 3. The van der Waals surface area contributed by atoms with E-state index in [1.807, 2.05) is 61.5 Å². The summed E-state index contributed by atoms with van der Waals surface area (Å²) in [4.78, 5) is 4.64. The molecule has 0 aliphatic carbocycles. The Kier molecular flexibility index (Phi) is 6.51. The molecule has 3 aromatic rings. The van der Waals surface area contributed by atoms with Crippen LogP contribution in [0.2, 0.25) is 5.02 Å². The summed E-state index contributed by atoms with van der Waals surface area (Å²) in [6.45, 7) is 6.16. The third kappa shape index (κ3) is 5.73. The Balaban J connectivity index is 1.85. The summed E-state index contributed by atoms with van der Waals surface area (Å²) in [5, 5.41) is 0.617. The Morgan fingerprint density at radius 2 is 1.64 bits per heavy atom. The standard InChI is InChI=1S/C24H22ClNO2/c1-17-6-4-9-23(14-17)28-24(26-21-11-10-18(2)19(3)15-21)12-13-27-22-8-5-7-20(25)16-22/h4-16H,1-3H3. The molecule has 0 saturated carbocycles. The molecule has 0 N–H and O–H groups in total. The van der Waals surface area contributed by atoms with E-state index in [1.54, 1.807) is 24.5 Å². The summed E-state index contributed by atoms with van der Waals surface area (Å²) >= 11 is 5.99. The zero-order valence-electron chi connectivity index (χ0n) is 16.1. The molecule has 0 aromatic heterocycles. The molecule has 3 rings (SSSR count). The van der Waals surface area contributed by atoms with Gasteiger partial charge in [0.15, 0.2) is 0 Å². The van der Waals surface area contributed by atoms with E-state index in [0.717, 1.165) is 17.0 Å². The van der Waals surface area contributed by atoms with Crippen LogP contribution in [0.15, 0.2) is 84.1 Å². The van der Waals surface area contributed by atoms with Gasteiger partial charge < -0.3 is 9.47 Å². The lowest BCUT2D eigenvalue weighted by atomic mass is 10.1. The summed E-state index contributed by atoms with van der Waals surface area (Å²) in [5.74, 6) is 1.79. The lowest BCUT2D eigenvalue weighted by Gasteiger charge is -2.08. The number of halogens is 1. The van der Waals surface area contributed by atoms with Crippen molar-refractivity contribution in [2.24, 2.45) is 4.99 Å². The van der Waals surface area contributed by atoms with Crippen LogP contribution in [0.1, 0.15) is 16.7 Å². The molecular formula is C24H22ClNO2. The monoisotopic (exact) mass is 391 g/mol. The van der Waals surface area contributed by atoms with Gasteiger partial charge in [-0.3, -0.25) is 0 Å². The molecule has 0 spiro atoms. The molecule has 0 aliphatic rings. The lowest BCUT2D eigenvalue weighted by Crippen LogP contribution is -2.05. The number of rotatable bonds is 5. The maximum atomic E-state index is 5.99. The number of hydrogen-bond donors (Lipinski definition) is 0. The van der Waals surface area contributed by atoms with E-state index >= 15 is 0 Å². The first kappa shape index (κ1) is 19.7. The first-order chi connectivity index (χ1) is 13.5. The largest absolute Gasteiger partial charge is 0.465 e. The molecule has 3 nitrogen and oxygen atoms in total. The Morgan fingerprint density at radius 3 is 2.39 bits per heavy atom. The molecule has 142 valence electrons. The molecular weight excluding hydrogens is 370 g/mol. The van der Waals surface area contributed by atoms with Gasteiger partial charge in [0.2, 0.25) is 5.90 Å². The Morgan fingerprint density at radius 1 is 0.857 bits per heavy atom. The highest BCUT2D eigenvalue weighted by Gasteiger charge is 2.03. The predicted octanol–water partition coefficient (Wildman–Crippen LogP) is 6.97. The first-order valence-corrected chi connectivity index (χ1v) is 9.37. The van der Waals surface area contributed by atoms with Crippen LogP contribution in [0.4, 0.5) is 5.69 Å². The van der Waals surface area contributed by atoms with Crippen molar-refractivity contribution in [1.82, 2.24) is 0 Å². The molecule has 0 radical (unpaired) electrons. The number of nitrogens with zero attached hydrogens (tertiary/aromatic N) is 1. The highest BCUT2D eigenvalue weighted by atomic mass is 35.5. The van der Waals surface area contributed by atoms with Crippen LogP contribution in [0.25, 0.3) is 0 Å². The molecule has 0 unspecified atom stereocenters. The third-order valence-corrected chi connectivity index (χ3v) is 4.39. The number of ether oxygens (including phenoxy) is 2. The zero-order valence-corrected chi connectivity index (χ0v) is 16.9. The van der Waals surface area contributed by atoms with Gasteiger partial charge in [-0.25, -0.2) is 4.99 Å². The van der Waals surface area contributed by atoms with Crippen molar-refractivity contribution in [1.29, 1.82) is 0 Å². The van der Waals surface area contributed by atoms with Gasteiger partial charge in [0, 0.05) is 11.1 Å². The van der Waals surface area contributed by atoms with E-state index in [-0.39, 0.29) is 0 Å². The van der Waals surface area contributed by atoms with Gasteiger partial charge in [-0.05, 0) is 79.9 Å². The summed E-state index contributed by atoms with van der Waals surface area (Å²) in [7, 11) is 0. The van der Waals surface area contributed by atoms with E-state index in [4.69, 9.17) is 21.1 Å². The second-order valence-corrected chi connectivity index (χ2v) is 6.95. The van der Waals surface area contributed by atoms with Crippen LogP contribution in [0.5, 0.6) is 11.5 Å². The van der Waals surface area contributed by atoms with Crippen LogP contribution in [0.3, 0.4) is 0 Å². The highest BCUT2D eigenvalue weighted by Crippen LogP contribution is 2.20. The summed E-state index contributed by atoms with van der Waals surface area (Å²) in [6.07, 6.45) is 3.24. The minimum atomic E-state index is 0.427. The van der Waals surface area contributed by atoms with Gasteiger partial charge in [-0.15, -0.1) is 0 Å². The van der Waals surface area contributed by atoms with Crippen molar-refractivity contribution >= 4 is 23.2 Å². The fourth-order valence-corrected chi connectivity index (χ4v) is 2.71. The van der Waals surface area contributed by atoms with Gasteiger partial charge in [0.25, 0.3) is 0 Å². The van der Waals surface area contributed by atoms with Gasteiger partial charge in [0.1, 0.15) is 11.5 Å². The molecule has 0 saturated heterocycles. The van der Waals surface area contributed by atoms with E-state index < -0.39 is 0 Å². The Bertz CT molecular complexity index is 1020. The zero-order chi connectivity index (χ0) is 19.9. The van der Waals surface area contributed by atoms with Crippen molar-refractivity contribution in [2.75, 3.05) is 0 Å². The van der Waals surface area contributed by atoms with Gasteiger partial charge in [-0.1, -0.05) is 35.9 Å². The second-order valence-electron chi connectivity index (χ2n) is 6.52. The van der Waals surface area contributed by atoms with Gasteiger partial charge >= 0.3 is 0 Å². The Hall–Kier alpha value is -3.04. The number of hydrogen-bond acceptors (Lipinski definition) is 3. The van der Waals surface area contributed by atoms with Crippen molar-refractivity contribution in [2.45, 2.75) is 20.8 Å². The molecule has 0 bridgehead atoms. The summed E-state index contributed by atoms with van der Waals surface area (Å²) in [6, 6.07) is 21.1. The second kappa shape index (κ2) is 9.25. The predicted molar refractivity (Wildman–Crippen MR) is 116 cm³/mol. The highest BCUT2D eigenvalue weighted by molar-refractivity contribution is 6.30. The van der Waals surface area contributed by atoms with Crippen molar-refractivity contribution in [3.63, 3.8) is 0 Å². The molecule has 4 heteroatoms. The molecule has 0 heterocycles. The average Bonchev–Trinajstić information content (AvgIpc) is 2.65. The molecule has 0 aliphatic heterocycles. The smallest absolute Gasteiger partial charge is 0.222 e. The number of benzene rings is 3. The minimum absolute atomic E-state index is 0.427. The molecule has 3 aromatic carbocycles. The summed E-state index contributed by atoms with van der Waals surface area (Å²) in [5.41, 5.74) is 4.33. The van der Waals surface area contributed by atoms with E-state index in [0.29, 0.717) is 16.7 Å². The minimum Gasteiger partial charge on any atom is -0.465 e. The third-order valence-electron chi connectivity index (χ3n) is 4.15. The fraction of sp³-hybridized carbons (Fsp3) is 0.125. The molecule has 0 amide bonds. The van der Waals surface area contributed by atoms with Gasteiger partial charge in [-0.2, -0.15) is 0 Å². The van der Waals surface area contributed by atoms with Crippen LogP contribution < -0.4 is 9.47 Å². The molecule has 28 heavy (non-hydrogen) atoms. The van der Waals surface area contributed by atoms with E-state index in [1.165, 1.54) is 11.1 Å². The van der Waals surface area contributed by atoms with Crippen molar-refractivity contribution in [3.8, 4) is 11.5 Å². The maximum absolute atomic E-state index is 5.99. The van der Waals surface area contributed by atoms with E-state index in [9.17, 15) is 0 Å². The SMILES string of the molecule is Cc1cccc(OC(C=COc2cccc(Cl)c2)=Nc2ccc(C)c(C)c2)c1. The number of aliphatic imine (C=N–C) groups is 1. The lowest BCUT2D eigenvalue weighted by molar-refractivity contribution is 0.479. The topological polar surface area (TPSA) is 30.8 Å². The van der Waals surface area contributed by atoms with Crippen molar-refractivity contribution in [3.05, 3.63) is 101 Å². The molecule has 0 fully saturated rings. The van der Waals surface area contributed by atoms with Crippen LogP contribution in [-0.2, 0) is 0 Å². The van der Waals surface area contributed by atoms with Crippen molar-refractivity contribution < 1.29 is 9.47 Å². The van der Waals surface area contributed by atoms with E-state index in [2.05, 4.69) is 18.8 Å². The van der Waals surface area contributed by atoms with Crippen LogP contribution in [-0.4, -0.2) is 5.90 Å². The molecule has 0 atom stereocenters. The van der Waals surface area contributed by atoms with Gasteiger partial charge in [0.05, 0.1) is 11.9 Å². The summed E-state index contributed by atoms with van der Waals surface area (Å²) < 4.78 is 11.6. The Labute approximate surface area is 170 Å². The maximum Gasteiger partial charge on any atom is 0.222 e. The average molecular weight is 392 g/mol. The first-order valence-electron chi connectivity index (χ1n) is 8.99.